The zero-order chi connectivity index (χ0) is 12.6. The van der Waals surface area contributed by atoms with E-state index in [1.165, 1.54) is 44.9 Å². The number of hydrogen-bond donors (Lipinski definition) is 1. The fourth-order valence-corrected chi connectivity index (χ4v) is 2.76. The first-order chi connectivity index (χ1) is 8.20. The molecular weight excluding hydrogens is 212 g/mol. The van der Waals surface area contributed by atoms with E-state index in [0.29, 0.717) is 6.10 Å². The Morgan fingerprint density at radius 2 is 1.59 bits per heavy atom. The minimum Gasteiger partial charge on any atom is -0.390 e. The monoisotopic (exact) mass is 242 g/mol. The van der Waals surface area contributed by atoms with Crippen LogP contribution in [0.25, 0.3) is 0 Å². The quantitative estimate of drug-likeness (QED) is 0.585. The molecule has 0 saturated heterocycles. The first-order valence-corrected chi connectivity index (χ1v) is 7.54. The number of aliphatic hydroxyl groups is 1. The van der Waals surface area contributed by atoms with Crippen LogP contribution in [0, 0.1) is 0 Å². The van der Waals surface area contributed by atoms with Crippen LogP contribution in [0.5, 0.6) is 0 Å². The molecule has 17 heavy (non-hydrogen) atoms. The van der Waals surface area contributed by atoms with Gasteiger partial charge in [0.15, 0.2) is 0 Å². The van der Waals surface area contributed by atoms with E-state index in [-0.39, 0.29) is 5.60 Å². The Morgan fingerprint density at radius 3 is 2.18 bits per heavy atom. The van der Waals surface area contributed by atoms with Gasteiger partial charge in [-0.15, -0.1) is 0 Å². The number of ether oxygens (including phenoxy) is 1. The summed E-state index contributed by atoms with van der Waals surface area (Å²) >= 11 is 0. The molecule has 2 nitrogen and oxygen atoms in total. The molecule has 1 rings (SSSR count). The Bertz CT molecular complexity index is 185. The summed E-state index contributed by atoms with van der Waals surface area (Å²) in [5.74, 6) is 0. The molecule has 0 aromatic heterocycles. The summed E-state index contributed by atoms with van der Waals surface area (Å²) in [6.07, 6.45) is 12.3. The second-order valence-corrected chi connectivity index (χ2v) is 5.58. The normalized spacial score (nSPS) is 28.1. The third-order valence-electron chi connectivity index (χ3n) is 3.86. The van der Waals surface area contributed by atoms with Crippen molar-refractivity contribution in [1.29, 1.82) is 0 Å². The molecule has 1 aliphatic carbocycles. The molecule has 0 amide bonds. The summed E-state index contributed by atoms with van der Waals surface area (Å²) in [6.45, 7) is 5.05. The molecule has 0 unspecified atom stereocenters. The van der Waals surface area contributed by atoms with E-state index < -0.39 is 0 Å². The topological polar surface area (TPSA) is 29.5 Å². The van der Waals surface area contributed by atoms with Crippen LogP contribution < -0.4 is 0 Å². The molecule has 0 spiro atoms. The van der Waals surface area contributed by atoms with Crippen molar-refractivity contribution in [3.05, 3.63) is 0 Å². The molecule has 0 atom stereocenters. The maximum Gasteiger partial charge on any atom is 0.0697 e. The Kier molecular flexibility index (Phi) is 7.14. The largest absolute Gasteiger partial charge is 0.390 e. The SMILES string of the molecule is CCCCCCCCCC1(O)CC(OCC)C1. The van der Waals surface area contributed by atoms with E-state index in [1.54, 1.807) is 0 Å². The van der Waals surface area contributed by atoms with E-state index in [9.17, 15) is 5.11 Å². The van der Waals surface area contributed by atoms with Crippen molar-refractivity contribution in [2.24, 2.45) is 0 Å². The van der Waals surface area contributed by atoms with E-state index in [2.05, 4.69) is 6.92 Å². The van der Waals surface area contributed by atoms with Crippen molar-refractivity contribution in [1.82, 2.24) is 0 Å². The summed E-state index contributed by atoms with van der Waals surface area (Å²) in [4.78, 5) is 0. The highest BCUT2D eigenvalue weighted by atomic mass is 16.5. The Morgan fingerprint density at radius 1 is 1.00 bits per heavy atom. The number of unbranched alkanes of at least 4 members (excludes halogenated alkanes) is 6. The van der Waals surface area contributed by atoms with E-state index >= 15 is 0 Å². The summed E-state index contributed by atoms with van der Waals surface area (Å²) in [5, 5.41) is 10.2. The van der Waals surface area contributed by atoms with Crippen LogP contribution >= 0.6 is 0 Å². The summed E-state index contributed by atoms with van der Waals surface area (Å²) in [6, 6.07) is 0. The van der Waals surface area contributed by atoms with Gasteiger partial charge in [0, 0.05) is 19.4 Å². The minimum atomic E-state index is -0.386. The third kappa shape index (κ3) is 5.87. The van der Waals surface area contributed by atoms with Crippen molar-refractivity contribution in [3.63, 3.8) is 0 Å². The number of hydrogen-bond acceptors (Lipinski definition) is 2. The predicted octanol–water partition coefficient (Wildman–Crippen LogP) is 4.06. The Hall–Kier alpha value is -0.0800. The molecule has 1 aliphatic rings. The van der Waals surface area contributed by atoms with Crippen molar-refractivity contribution in [2.75, 3.05) is 6.61 Å². The van der Waals surface area contributed by atoms with Crippen LogP contribution in [-0.4, -0.2) is 23.4 Å². The summed E-state index contributed by atoms with van der Waals surface area (Å²) < 4.78 is 5.49. The van der Waals surface area contributed by atoms with Crippen molar-refractivity contribution >= 4 is 0 Å². The van der Waals surface area contributed by atoms with Gasteiger partial charge in [-0.25, -0.2) is 0 Å². The van der Waals surface area contributed by atoms with Gasteiger partial charge in [0.25, 0.3) is 0 Å². The van der Waals surface area contributed by atoms with Crippen LogP contribution in [0.15, 0.2) is 0 Å². The summed E-state index contributed by atoms with van der Waals surface area (Å²) in [5.41, 5.74) is -0.386. The summed E-state index contributed by atoms with van der Waals surface area (Å²) in [7, 11) is 0. The van der Waals surface area contributed by atoms with Gasteiger partial charge in [0.05, 0.1) is 11.7 Å². The van der Waals surface area contributed by atoms with E-state index in [0.717, 1.165) is 25.9 Å². The molecule has 0 radical (unpaired) electrons. The molecule has 102 valence electrons. The molecule has 0 bridgehead atoms. The van der Waals surface area contributed by atoms with E-state index in [1.807, 2.05) is 6.92 Å². The second-order valence-electron chi connectivity index (χ2n) is 5.58. The average Bonchev–Trinajstić information content (AvgIpc) is 2.26. The molecule has 0 aromatic carbocycles. The predicted molar refractivity (Wildman–Crippen MR) is 72.2 cm³/mol. The lowest BCUT2D eigenvalue weighted by atomic mass is 9.74. The van der Waals surface area contributed by atoms with Gasteiger partial charge < -0.3 is 9.84 Å². The Balaban J connectivity index is 1.90. The average molecular weight is 242 g/mol. The van der Waals surface area contributed by atoms with Crippen molar-refractivity contribution in [2.45, 2.75) is 89.8 Å². The van der Waals surface area contributed by atoms with Gasteiger partial charge in [-0.2, -0.15) is 0 Å². The zero-order valence-corrected chi connectivity index (χ0v) is 11.7. The van der Waals surface area contributed by atoms with Gasteiger partial charge in [0.2, 0.25) is 0 Å². The smallest absolute Gasteiger partial charge is 0.0697 e. The first kappa shape index (κ1) is 15.0. The van der Waals surface area contributed by atoms with Crippen molar-refractivity contribution < 1.29 is 9.84 Å². The fraction of sp³-hybridized carbons (Fsp3) is 1.00. The molecule has 0 heterocycles. The Labute approximate surface area is 107 Å². The molecule has 1 saturated carbocycles. The molecule has 0 aliphatic heterocycles. The fourth-order valence-electron chi connectivity index (χ4n) is 2.76. The van der Waals surface area contributed by atoms with Gasteiger partial charge in [-0.05, 0) is 13.3 Å². The highest BCUT2D eigenvalue weighted by Gasteiger charge is 2.42. The highest BCUT2D eigenvalue weighted by Crippen LogP contribution is 2.38. The molecule has 2 heteroatoms. The van der Waals surface area contributed by atoms with Crippen LogP contribution in [0.3, 0.4) is 0 Å². The standard InChI is InChI=1S/C15H30O2/c1-3-5-6-7-8-9-10-11-15(16)12-14(13-15)17-4-2/h14,16H,3-13H2,1-2H3. The van der Waals surface area contributed by atoms with Gasteiger partial charge in [0.1, 0.15) is 0 Å². The lowest BCUT2D eigenvalue weighted by Gasteiger charge is -2.43. The molecule has 1 fully saturated rings. The molecule has 1 N–H and O–H groups in total. The lowest BCUT2D eigenvalue weighted by molar-refractivity contribution is -0.141. The third-order valence-corrected chi connectivity index (χ3v) is 3.86. The van der Waals surface area contributed by atoms with Crippen LogP contribution in [-0.2, 0) is 4.74 Å². The minimum absolute atomic E-state index is 0.328. The van der Waals surface area contributed by atoms with Gasteiger partial charge >= 0.3 is 0 Å². The maximum absolute atomic E-state index is 10.2. The second kappa shape index (κ2) is 8.10. The highest BCUT2D eigenvalue weighted by molar-refractivity contribution is 4.94. The van der Waals surface area contributed by atoms with Crippen molar-refractivity contribution in [3.8, 4) is 0 Å². The van der Waals surface area contributed by atoms with Gasteiger partial charge in [-0.1, -0.05) is 51.9 Å². The molecule has 0 aromatic rings. The lowest BCUT2D eigenvalue weighted by Crippen LogP contribution is -2.48. The van der Waals surface area contributed by atoms with Crippen LogP contribution in [0.4, 0.5) is 0 Å². The first-order valence-electron chi connectivity index (χ1n) is 7.54. The van der Waals surface area contributed by atoms with Crippen LogP contribution in [0.2, 0.25) is 0 Å². The van der Waals surface area contributed by atoms with Crippen LogP contribution in [0.1, 0.15) is 78.1 Å². The zero-order valence-electron chi connectivity index (χ0n) is 11.7. The maximum atomic E-state index is 10.2. The number of rotatable bonds is 10. The van der Waals surface area contributed by atoms with E-state index in [4.69, 9.17) is 4.74 Å². The van der Waals surface area contributed by atoms with Gasteiger partial charge in [-0.3, -0.25) is 0 Å². The molecular formula is C15H30O2.